The zero-order valence-electron chi connectivity index (χ0n) is 10.5. The van der Waals surface area contributed by atoms with Gasteiger partial charge in [0.25, 0.3) is 0 Å². The van der Waals surface area contributed by atoms with Gasteiger partial charge in [0.15, 0.2) is 0 Å². The molecule has 1 heterocycles. The summed E-state index contributed by atoms with van der Waals surface area (Å²) in [5, 5.41) is 10.4. The molecular formula is C12H18N4O. The number of carbonyl (C=O) groups is 1. The number of aryl methyl sites for hydroxylation is 1. The lowest BCUT2D eigenvalue weighted by Crippen LogP contribution is -2.36. The van der Waals surface area contributed by atoms with E-state index in [0.29, 0.717) is 24.5 Å². The van der Waals surface area contributed by atoms with Gasteiger partial charge in [0.05, 0.1) is 17.6 Å². The topological polar surface area (TPSA) is 58.1 Å². The molecule has 0 bridgehead atoms. The molecule has 0 saturated carbocycles. The number of likely N-dealkylation sites (N-methyl/N-ethyl adjacent to an activating group) is 1. The number of anilines is 1. The lowest BCUT2D eigenvalue weighted by Gasteiger charge is -2.21. The van der Waals surface area contributed by atoms with Gasteiger partial charge in [-0.2, -0.15) is 10.2 Å². The van der Waals surface area contributed by atoms with Crippen LogP contribution in [0.1, 0.15) is 19.5 Å². The molecule has 0 radical (unpaired) electrons. The third-order valence-electron chi connectivity index (χ3n) is 2.28. The highest BCUT2D eigenvalue weighted by Crippen LogP contribution is 2.10. The fourth-order valence-electron chi connectivity index (χ4n) is 1.38. The maximum Gasteiger partial charge on any atom is 0.322 e. The van der Waals surface area contributed by atoms with Crippen LogP contribution in [0.3, 0.4) is 0 Å². The molecule has 17 heavy (non-hydrogen) atoms. The molecule has 1 aromatic rings. The van der Waals surface area contributed by atoms with E-state index in [1.807, 2.05) is 13.8 Å². The first-order chi connectivity index (χ1) is 8.04. The van der Waals surface area contributed by atoms with Crippen LogP contribution in [-0.4, -0.2) is 34.2 Å². The SMILES string of the molecule is C=C(C)CN(CC)C(=O)Nc1ccnnc1C. The van der Waals surface area contributed by atoms with Crippen LogP contribution in [0.25, 0.3) is 0 Å². The van der Waals surface area contributed by atoms with E-state index >= 15 is 0 Å². The van der Waals surface area contributed by atoms with Gasteiger partial charge in [0.2, 0.25) is 0 Å². The fraction of sp³-hybridized carbons (Fsp3) is 0.417. The molecule has 0 spiro atoms. The zero-order chi connectivity index (χ0) is 12.8. The Hall–Kier alpha value is -1.91. The van der Waals surface area contributed by atoms with Gasteiger partial charge in [0, 0.05) is 13.1 Å². The summed E-state index contributed by atoms with van der Waals surface area (Å²) < 4.78 is 0. The molecule has 92 valence electrons. The molecule has 0 aliphatic rings. The molecule has 0 saturated heterocycles. The van der Waals surface area contributed by atoms with Gasteiger partial charge >= 0.3 is 6.03 Å². The molecule has 0 atom stereocenters. The quantitative estimate of drug-likeness (QED) is 0.813. The maximum atomic E-state index is 12.0. The van der Waals surface area contributed by atoms with E-state index in [0.717, 1.165) is 5.57 Å². The summed E-state index contributed by atoms with van der Waals surface area (Å²) in [5.74, 6) is 0. The van der Waals surface area contributed by atoms with Crippen LogP contribution in [0.15, 0.2) is 24.4 Å². The van der Waals surface area contributed by atoms with E-state index in [9.17, 15) is 4.79 Å². The molecule has 0 aliphatic carbocycles. The summed E-state index contributed by atoms with van der Waals surface area (Å²) in [6.07, 6.45) is 1.55. The van der Waals surface area contributed by atoms with Gasteiger partial charge in [-0.15, -0.1) is 0 Å². The van der Waals surface area contributed by atoms with E-state index in [-0.39, 0.29) is 6.03 Å². The van der Waals surface area contributed by atoms with Crippen molar-refractivity contribution in [3.8, 4) is 0 Å². The minimum absolute atomic E-state index is 0.147. The molecular weight excluding hydrogens is 216 g/mol. The molecule has 0 aromatic carbocycles. The Balaban J connectivity index is 2.71. The summed E-state index contributed by atoms with van der Waals surface area (Å²) in [6, 6.07) is 1.58. The number of aromatic nitrogens is 2. The fourth-order valence-corrected chi connectivity index (χ4v) is 1.38. The third-order valence-corrected chi connectivity index (χ3v) is 2.28. The maximum absolute atomic E-state index is 12.0. The van der Waals surface area contributed by atoms with Gasteiger partial charge in [0.1, 0.15) is 0 Å². The number of hydrogen-bond donors (Lipinski definition) is 1. The largest absolute Gasteiger partial charge is 0.322 e. The van der Waals surface area contributed by atoms with Crippen LogP contribution in [0.4, 0.5) is 10.5 Å². The molecule has 0 aliphatic heterocycles. The van der Waals surface area contributed by atoms with Crippen molar-refractivity contribution in [2.75, 3.05) is 18.4 Å². The Morgan fingerprint density at radius 2 is 2.29 bits per heavy atom. The number of urea groups is 1. The Kier molecular flexibility index (Phi) is 4.63. The summed E-state index contributed by atoms with van der Waals surface area (Å²) in [4.78, 5) is 13.6. The normalized spacial score (nSPS) is 9.82. The highest BCUT2D eigenvalue weighted by Gasteiger charge is 2.12. The van der Waals surface area contributed by atoms with Crippen LogP contribution in [-0.2, 0) is 0 Å². The second kappa shape index (κ2) is 5.98. The number of carbonyl (C=O) groups excluding carboxylic acids is 1. The van der Waals surface area contributed by atoms with Gasteiger partial charge in [-0.25, -0.2) is 4.79 Å². The average molecular weight is 234 g/mol. The lowest BCUT2D eigenvalue weighted by atomic mass is 10.3. The van der Waals surface area contributed by atoms with Crippen molar-refractivity contribution in [3.05, 3.63) is 30.1 Å². The average Bonchev–Trinajstić information content (AvgIpc) is 2.28. The van der Waals surface area contributed by atoms with Gasteiger partial charge in [-0.1, -0.05) is 12.2 Å². The van der Waals surface area contributed by atoms with Crippen LogP contribution in [0, 0.1) is 6.92 Å². The highest BCUT2D eigenvalue weighted by atomic mass is 16.2. The summed E-state index contributed by atoms with van der Waals surface area (Å²) in [7, 11) is 0. The minimum Gasteiger partial charge on any atom is -0.321 e. The molecule has 0 unspecified atom stereocenters. The third kappa shape index (κ3) is 3.86. The van der Waals surface area contributed by atoms with Crippen LogP contribution in [0.5, 0.6) is 0 Å². The van der Waals surface area contributed by atoms with E-state index < -0.39 is 0 Å². The van der Waals surface area contributed by atoms with Crippen LogP contribution >= 0.6 is 0 Å². The number of hydrogen-bond acceptors (Lipinski definition) is 3. The second-order valence-corrected chi connectivity index (χ2v) is 3.93. The standard InChI is InChI=1S/C12H18N4O/c1-5-16(8-9(2)3)12(17)14-11-6-7-13-15-10(11)4/h6-7H,2,5,8H2,1,3-4H3,(H,13,14,17). The van der Waals surface area contributed by atoms with Crippen molar-refractivity contribution >= 4 is 11.7 Å². The predicted octanol–water partition coefficient (Wildman–Crippen LogP) is 2.21. The minimum atomic E-state index is -0.147. The first kappa shape index (κ1) is 13.2. The second-order valence-electron chi connectivity index (χ2n) is 3.93. The molecule has 1 rings (SSSR count). The number of amides is 2. The number of nitrogens with one attached hydrogen (secondary N) is 1. The lowest BCUT2D eigenvalue weighted by molar-refractivity contribution is 0.218. The van der Waals surface area contributed by atoms with Gasteiger partial charge < -0.3 is 10.2 Å². The summed E-state index contributed by atoms with van der Waals surface area (Å²) in [6.45, 7) is 10.6. The van der Waals surface area contributed by atoms with E-state index in [1.54, 1.807) is 24.1 Å². The molecule has 5 nitrogen and oxygen atoms in total. The van der Waals surface area contributed by atoms with Gasteiger partial charge in [-0.3, -0.25) is 0 Å². The highest BCUT2D eigenvalue weighted by molar-refractivity contribution is 5.89. The predicted molar refractivity (Wildman–Crippen MR) is 67.8 cm³/mol. The van der Waals surface area contributed by atoms with Crippen molar-refractivity contribution in [1.29, 1.82) is 0 Å². The first-order valence-corrected chi connectivity index (χ1v) is 5.53. The van der Waals surface area contributed by atoms with Crippen molar-refractivity contribution < 1.29 is 4.79 Å². The van der Waals surface area contributed by atoms with Crippen molar-refractivity contribution in [2.24, 2.45) is 0 Å². The van der Waals surface area contributed by atoms with Gasteiger partial charge in [-0.05, 0) is 26.8 Å². The number of nitrogens with zero attached hydrogens (tertiary/aromatic N) is 3. The van der Waals surface area contributed by atoms with E-state index in [2.05, 4.69) is 22.1 Å². The summed E-state index contributed by atoms with van der Waals surface area (Å²) in [5.41, 5.74) is 2.34. The number of rotatable bonds is 4. The van der Waals surface area contributed by atoms with Crippen LogP contribution < -0.4 is 5.32 Å². The Bertz CT molecular complexity index is 417. The summed E-state index contributed by atoms with van der Waals surface area (Å²) >= 11 is 0. The molecule has 0 fully saturated rings. The smallest absolute Gasteiger partial charge is 0.321 e. The van der Waals surface area contributed by atoms with Crippen molar-refractivity contribution in [3.63, 3.8) is 0 Å². The Labute approximate surface area is 102 Å². The molecule has 5 heteroatoms. The van der Waals surface area contributed by atoms with Crippen LogP contribution in [0.2, 0.25) is 0 Å². The Morgan fingerprint density at radius 1 is 1.59 bits per heavy atom. The monoisotopic (exact) mass is 234 g/mol. The molecule has 1 aromatic heterocycles. The molecule has 2 amide bonds. The zero-order valence-corrected chi connectivity index (χ0v) is 10.5. The van der Waals surface area contributed by atoms with E-state index in [1.165, 1.54) is 0 Å². The van der Waals surface area contributed by atoms with E-state index in [4.69, 9.17) is 0 Å². The molecule has 1 N–H and O–H groups in total. The van der Waals surface area contributed by atoms with Crippen molar-refractivity contribution in [2.45, 2.75) is 20.8 Å². The Morgan fingerprint density at radius 3 is 2.82 bits per heavy atom. The first-order valence-electron chi connectivity index (χ1n) is 5.53. The van der Waals surface area contributed by atoms with Crippen molar-refractivity contribution in [1.82, 2.24) is 15.1 Å².